The Kier molecular flexibility index (Phi) is 6.90. The molecule has 0 amide bonds. The van der Waals surface area contributed by atoms with Gasteiger partial charge in [0.2, 0.25) is 0 Å². The summed E-state index contributed by atoms with van der Waals surface area (Å²) < 4.78 is 0. The van der Waals surface area contributed by atoms with Crippen molar-refractivity contribution in [1.29, 1.82) is 0 Å². The van der Waals surface area contributed by atoms with E-state index in [9.17, 15) is 0 Å². The van der Waals surface area contributed by atoms with E-state index < -0.39 is 0 Å². The molecule has 1 rings (SSSR count). The van der Waals surface area contributed by atoms with Crippen LogP contribution >= 0.6 is 0 Å². The highest BCUT2D eigenvalue weighted by atomic mass is 14.9. The third-order valence-corrected chi connectivity index (χ3v) is 2.93. The highest BCUT2D eigenvalue weighted by Gasteiger charge is 2.03. The minimum absolute atomic E-state index is 0.268. The number of hydrogen-bond acceptors (Lipinski definition) is 2. The van der Waals surface area contributed by atoms with E-state index in [-0.39, 0.29) is 6.04 Å². The Bertz CT molecular complexity index is 282. The van der Waals surface area contributed by atoms with Crippen LogP contribution in [0.1, 0.15) is 32.3 Å². The molecule has 0 fully saturated rings. The van der Waals surface area contributed by atoms with Gasteiger partial charge in [0, 0.05) is 6.04 Å². The van der Waals surface area contributed by atoms with Crippen LogP contribution in [0.15, 0.2) is 30.3 Å². The third kappa shape index (κ3) is 7.14. The molecule has 1 atom stereocenters. The minimum Gasteiger partial charge on any atom is -0.327 e. The van der Waals surface area contributed by atoms with Crippen LogP contribution in [0.25, 0.3) is 0 Å². The Hall–Kier alpha value is -0.860. The van der Waals surface area contributed by atoms with Crippen molar-refractivity contribution in [2.24, 2.45) is 11.7 Å². The maximum Gasteiger partial charge on any atom is 0.00914 e. The second kappa shape index (κ2) is 8.26. The van der Waals surface area contributed by atoms with E-state index >= 15 is 0 Å². The number of nitrogens with one attached hydrogen (secondary N) is 1. The Balaban J connectivity index is 2.07. The van der Waals surface area contributed by atoms with Crippen molar-refractivity contribution in [2.75, 3.05) is 13.1 Å². The predicted octanol–water partition coefficient (Wildman–Crippen LogP) is 2.58. The Morgan fingerprint density at radius 3 is 2.35 bits per heavy atom. The van der Waals surface area contributed by atoms with Crippen molar-refractivity contribution < 1.29 is 0 Å². The number of benzene rings is 1. The number of hydrogen-bond donors (Lipinski definition) is 2. The second-order valence-electron chi connectivity index (χ2n) is 5.17. The lowest BCUT2D eigenvalue weighted by Gasteiger charge is -2.12. The zero-order valence-electron chi connectivity index (χ0n) is 11.2. The average Bonchev–Trinajstić information content (AvgIpc) is 2.29. The van der Waals surface area contributed by atoms with Crippen LogP contribution in [-0.2, 0) is 6.42 Å². The summed E-state index contributed by atoms with van der Waals surface area (Å²) in [7, 11) is 0. The van der Waals surface area contributed by atoms with Crippen LogP contribution in [0.4, 0.5) is 0 Å². The molecule has 17 heavy (non-hydrogen) atoms. The molecule has 0 radical (unpaired) electrons. The lowest BCUT2D eigenvalue weighted by Crippen LogP contribution is -2.29. The molecule has 2 heteroatoms. The van der Waals surface area contributed by atoms with Crippen LogP contribution in [0, 0.1) is 5.92 Å². The van der Waals surface area contributed by atoms with Crippen molar-refractivity contribution in [3.05, 3.63) is 35.9 Å². The van der Waals surface area contributed by atoms with E-state index in [0.717, 1.165) is 31.8 Å². The second-order valence-corrected chi connectivity index (χ2v) is 5.17. The number of nitrogens with two attached hydrogens (primary N) is 1. The van der Waals surface area contributed by atoms with Gasteiger partial charge in [0.1, 0.15) is 0 Å². The fourth-order valence-electron chi connectivity index (χ4n) is 1.82. The predicted molar refractivity (Wildman–Crippen MR) is 75.1 cm³/mol. The van der Waals surface area contributed by atoms with Gasteiger partial charge >= 0.3 is 0 Å². The van der Waals surface area contributed by atoms with E-state index in [0.29, 0.717) is 0 Å². The molecule has 0 aromatic heterocycles. The molecule has 96 valence electrons. The van der Waals surface area contributed by atoms with E-state index in [1.807, 2.05) is 6.07 Å². The molecule has 0 bridgehead atoms. The fraction of sp³-hybridized carbons (Fsp3) is 0.600. The maximum absolute atomic E-state index is 6.11. The van der Waals surface area contributed by atoms with Crippen LogP contribution in [0.5, 0.6) is 0 Å². The summed E-state index contributed by atoms with van der Waals surface area (Å²) in [6, 6.07) is 10.7. The van der Waals surface area contributed by atoms with E-state index in [1.54, 1.807) is 0 Å². The van der Waals surface area contributed by atoms with Gasteiger partial charge in [-0.1, -0.05) is 44.2 Å². The molecule has 0 aliphatic carbocycles. The first-order valence-corrected chi connectivity index (χ1v) is 6.68. The van der Waals surface area contributed by atoms with Gasteiger partial charge in [-0.2, -0.15) is 0 Å². The monoisotopic (exact) mass is 234 g/mol. The fourth-order valence-corrected chi connectivity index (χ4v) is 1.82. The molecule has 0 saturated heterocycles. The average molecular weight is 234 g/mol. The molecular formula is C15H26N2. The molecule has 3 N–H and O–H groups in total. The lowest BCUT2D eigenvalue weighted by molar-refractivity contribution is 0.509. The van der Waals surface area contributed by atoms with Gasteiger partial charge in [-0.25, -0.2) is 0 Å². The van der Waals surface area contributed by atoms with Gasteiger partial charge in [0.05, 0.1) is 0 Å². The Labute approximate surface area is 106 Å². The van der Waals surface area contributed by atoms with Crippen LogP contribution in [-0.4, -0.2) is 19.1 Å². The van der Waals surface area contributed by atoms with Crippen LogP contribution < -0.4 is 11.1 Å². The molecule has 0 heterocycles. The largest absolute Gasteiger partial charge is 0.327 e. The topological polar surface area (TPSA) is 38.0 Å². The van der Waals surface area contributed by atoms with Crippen LogP contribution in [0.2, 0.25) is 0 Å². The molecule has 1 aromatic carbocycles. The van der Waals surface area contributed by atoms with E-state index in [1.165, 1.54) is 12.0 Å². The van der Waals surface area contributed by atoms with Crippen LogP contribution in [0.3, 0.4) is 0 Å². The Morgan fingerprint density at radius 2 is 1.71 bits per heavy atom. The molecule has 0 unspecified atom stereocenters. The number of rotatable bonds is 8. The van der Waals surface area contributed by atoms with Gasteiger partial charge < -0.3 is 11.1 Å². The maximum atomic E-state index is 6.11. The normalized spacial score (nSPS) is 12.9. The molecule has 0 aliphatic rings. The summed E-state index contributed by atoms with van der Waals surface area (Å²) in [4.78, 5) is 0. The Morgan fingerprint density at radius 1 is 1.06 bits per heavy atom. The van der Waals surface area contributed by atoms with Crippen molar-refractivity contribution in [3.63, 3.8) is 0 Å². The van der Waals surface area contributed by atoms with Crippen molar-refractivity contribution >= 4 is 0 Å². The molecule has 0 aliphatic heterocycles. The SMILES string of the molecule is CC(C)CCNCC[C@@H](N)Cc1ccccc1. The minimum atomic E-state index is 0.268. The smallest absolute Gasteiger partial charge is 0.00914 e. The summed E-state index contributed by atoms with van der Waals surface area (Å²) >= 11 is 0. The molecule has 0 spiro atoms. The van der Waals surface area contributed by atoms with Gasteiger partial charge in [-0.3, -0.25) is 0 Å². The highest BCUT2D eigenvalue weighted by Crippen LogP contribution is 2.03. The van der Waals surface area contributed by atoms with Gasteiger partial charge in [-0.15, -0.1) is 0 Å². The van der Waals surface area contributed by atoms with Crippen molar-refractivity contribution in [3.8, 4) is 0 Å². The zero-order valence-corrected chi connectivity index (χ0v) is 11.2. The van der Waals surface area contributed by atoms with E-state index in [2.05, 4.69) is 43.4 Å². The summed E-state index contributed by atoms with van der Waals surface area (Å²) in [6.07, 6.45) is 3.27. The lowest BCUT2D eigenvalue weighted by atomic mass is 10.0. The van der Waals surface area contributed by atoms with Crippen molar-refractivity contribution in [2.45, 2.75) is 39.2 Å². The third-order valence-electron chi connectivity index (χ3n) is 2.93. The molecular weight excluding hydrogens is 208 g/mol. The first-order valence-electron chi connectivity index (χ1n) is 6.68. The summed E-state index contributed by atoms with van der Waals surface area (Å²) in [6.45, 7) is 6.64. The van der Waals surface area contributed by atoms with Gasteiger partial charge in [-0.05, 0) is 43.8 Å². The van der Waals surface area contributed by atoms with Gasteiger partial charge in [0.15, 0.2) is 0 Å². The molecule has 0 saturated carbocycles. The highest BCUT2D eigenvalue weighted by molar-refractivity contribution is 5.15. The molecule has 1 aromatic rings. The summed E-state index contributed by atoms with van der Waals surface area (Å²) in [5, 5.41) is 3.45. The zero-order chi connectivity index (χ0) is 12.5. The molecule has 2 nitrogen and oxygen atoms in total. The van der Waals surface area contributed by atoms with E-state index in [4.69, 9.17) is 5.73 Å². The van der Waals surface area contributed by atoms with Gasteiger partial charge in [0.25, 0.3) is 0 Å². The first-order chi connectivity index (χ1) is 8.18. The standard InChI is InChI=1S/C15H26N2/c1-13(2)8-10-17-11-9-15(16)12-14-6-4-3-5-7-14/h3-7,13,15,17H,8-12,16H2,1-2H3/t15-/m1/s1. The first kappa shape index (κ1) is 14.2. The van der Waals surface area contributed by atoms with Crippen molar-refractivity contribution in [1.82, 2.24) is 5.32 Å². The summed E-state index contributed by atoms with van der Waals surface area (Å²) in [5.41, 5.74) is 7.44. The quantitative estimate of drug-likeness (QED) is 0.679. The summed E-state index contributed by atoms with van der Waals surface area (Å²) in [5.74, 6) is 0.778.